The molecule has 5 heteroatoms. The molecule has 0 spiro atoms. The van der Waals surface area contributed by atoms with Crippen molar-refractivity contribution in [3.8, 4) is 5.75 Å². The molecular formula is C15H24FN3O. The van der Waals surface area contributed by atoms with Gasteiger partial charge in [0.2, 0.25) is 0 Å². The minimum Gasteiger partial charge on any atom is -0.490 e. The fraction of sp³-hybridized carbons (Fsp3) is 0.600. The molecule has 112 valence electrons. The van der Waals surface area contributed by atoms with Crippen molar-refractivity contribution in [3.05, 3.63) is 17.9 Å². The molecule has 0 radical (unpaired) electrons. The molecule has 1 aromatic rings. The van der Waals surface area contributed by atoms with Gasteiger partial charge in [0.15, 0.2) is 11.6 Å². The number of nitrogens with zero attached hydrogens (tertiary/aromatic N) is 1. The number of rotatable bonds is 8. The predicted octanol–water partition coefficient (Wildman–Crippen LogP) is 2.70. The van der Waals surface area contributed by atoms with Gasteiger partial charge in [-0.1, -0.05) is 6.92 Å². The van der Waals surface area contributed by atoms with Crippen molar-refractivity contribution in [2.24, 2.45) is 0 Å². The average Bonchev–Trinajstić information content (AvgIpc) is 3.24. The van der Waals surface area contributed by atoms with Crippen LogP contribution in [0.5, 0.6) is 5.75 Å². The van der Waals surface area contributed by atoms with Gasteiger partial charge in [-0.25, -0.2) is 4.39 Å². The molecule has 0 unspecified atom stereocenters. The summed E-state index contributed by atoms with van der Waals surface area (Å²) in [5.41, 5.74) is 6.99. The number of hydrogen-bond acceptors (Lipinski definition) is 4. The number of benzene rings is 1. The largest absolute Gasteiger partial charge is 0.490 e. The number of ether oxygens (including phenoxy) is 1. The summed E-state index contributed by atoms with van der Waals surface area (Å²) >= 11 is 0. The zero-order chi connectivity index (χ0) is 14.5. The number of anilines is 2. The molecule has 1 aromatic carbocycles. The zero-order valence-corrected chi connectivity index (χ0v) is 12.3. The Bertz CT molecular complexity index is 449. The van der Waals surface area contributed by atoms with Crippen molar-refractivity contribution in [2.45, 2.75) is 32.2 Å². The van der Waals surface area contributed by atoms with E-state index in [1.807, 2.05) is 6.92 Å². The summed E-state index contributed by atoms with van der Waals surface area (Å²) in [5.74, 6) is -0.143. The molecule has 3 N–H and O–H groups in total. The summed E-state index contributed by atoms with van der Waals surface area (Å²) in [7, 11) is 2.13. The minimum absolute atomic E-state index is 0.263. The highest BCUT2D eigenvalue weighted by Gasteiger charge is 2.25. The van der Waals surface area contributed by atoms with Crippen LogP contribution in [-0.4, -0.2) is 37.7 Å². The van der Waals surface area contributed by atoms with Crippen molar-refractivity contribution >= 4 is 11.4 Å². The lowest BCUT2D eigenvalue weighted by atomic mass is 10.2. The highest BCUT2D eigenvalue weighted by molar-refractivity contribution is 5.68. The van der Waals surface area contributed by atoms with Crippen molar-refractivity contribution in [1.29, 1.82) is 0 Å². The average molecular weight is 281 g/mol. The molecule has 1 aliphatic rings. The van der Waals surface area contributed by atoms with Gasteiger partial charge in [-0.2, -0.15) is 0 Å². The maximum Gasteiger partial charge on any atom is 0.167 e. The van der Waals surface area contributed by atoms with Gasteiger partial charge in [-0.15, -0.1) is 0 Å². The van der Waals surface area contributed by atoms with Gasteiger partial charge in [0.25, 0.3) is 0 Å². The standard InChI is InChI=1S/C15H24FN3O/c1-3-8-20-15-10-14(13(17)9-12(15)16)18-6-7-19(2)11-4-5-11/h9-11,18H,3-8,17H2,1-2H3. The highest BCUT2D eigenvalue weighted by atomic mass is 19.1. The molecule has 1 fully saturated rings. The van der Waals surface area contributed by atoms with Crippen molar-refractivity contribution in [3.63, 3.8) is 0 Å². The van der Waals surface area contributed by atoms with Crippen LogP contribution in [0.2, 0.25) is 0 Å². The van der Waals surface area contributed by atoms with Crippen LogP contribution in [0.25, 0.3) is 0 Å². The van der Waals surface area contributed by atoms with Crippen LogP contribution in [0, 0.1) is 5.82 Å². The summed E-state index contributed by atoms with van der Waals surface area (Å²) < 4.78 is 19.1. The molecule has 0 bridgehead atoms. The molecule has 0 aliphatic heterocycles. The van der Waals surface area contributed by atoms with E-state index in [1.54, 1.807) is 6.07 Å². The number of hydrogen-bond donors (Lipinski definition) is 2. The quantitative estimate of drug-likeness (QED) is 0.719. The van der Waals surface area contributed by atoms with Crippen LogP contribution in [0.3, 0.4) is 0 Å². The first-order chi connectivity index (χ1) is 9.61. The number of likely N-dealkylation sites (N-methyl/N-ethyl adjacent to an activating group) is 1. The third kappa shape index (κ3) is 4.00. The number of halogens is 1. The summed E-state index contributed by atoms with van der Waals surface area (Å²) in [4.78, 5) is 2.33. The lowest BCUT2D eigenvalue weighted by Crippen LogP contribution is -2.27. The number of nitrogens with two attached hydrogens (primary N) is 1. The maximum absolute atomic E-state index is 13.7. The molecule has 20 heavy (non-hydrogen) atoms. The van der Waals surface area contributed by atoms with Gasteiger partial charge in [-0.3, -0.25) is 0 Å². The first kappa shape index (κ1) is 14.9. The van der Waals surface area contributed by atoms with Gasteiger partial charge in [0, 0.05) is 31.3 Å². The lowest BCUT2D eigenvalue weighted by Gasteiger charge is -2.17. The molecular weight excluding hydrogens is 257 g/mol. The number of nitrogens with one attached hydrogen (secondary N) is 1. The predicted molar refractivity (Wildman–Crippen MR) is 80.7 cm³/mol. The van der Waals surface area contributed by atoms with Crippen molar-refractivity contribution in [2.75, 3.05) is 37.8 Å². The SMILES string of the molecule is CCCOc1cc(NCCN(C)C2CC2)c(N)cc1F. The van der Waals surface area contributed by atoms with E-state index >= 15 is 0 Å². The van der Waals surface area contributed by atoms with E-state index in [9.17, 15) is 4.39 Å². The van der Waals surface area contributed by atoms with Crippen molar-refractivity contribution in [1.82, 2.24) is 4.90 Å². The van der Waals surface area contributed by atoms with Crippen LogP contribution < -0.4 is 15.8 Å². The summed E-state index contributed by atoms with van der Waals surface area (Å²) in [6.45, 7) is 4.23. The first-order valence-corrected chi connectivity index (χ1v) is 7.27. The van der Waals surface area contributed by atoms with Crippen LogP contribution in [-0.2, 0) is 0 Å². The molecule has 4 nitrogen and oxygen atoms in total. The Hall–Kier alpha value is -1.49. The fourth-order valence-electron chi connectivity index (χ4n) is 2.11. The first-order valence-electron chi connectivity index (χ1n) is 7.27. The Morgan fingerprint density at radius 2 is 2.20 bits per heavy atom. The van der Waals surface area contributed by atoms with E-state index in [0.29, 0.717) is 12.3 Å². The Balaban J connectivity index is 1.91. The molecule has 0 saturated heterocycles. The molecule has 0 amide bonds. The molecule has 1 saturated carbocycles. The molecule has 1 aliphatic carbocycles. The van der Waals surface area contributed by atoms with Gasteiger partial charge < -0.3 is 20.7 Å². The Kier molecular flexibility index (Phi) is 5.06. The topological polar surface area (TPSA) is 50.5 Å². The lowest BCUT2D eigenvalue weighted by molar-refractivity contribution is 0.301. The van der Waals surface area contributed by atoms with Crippen LogP contribution >= 0.6 is 0 Å². The zero-order valence-electron chi connectivity index (χ0n) is 12.3. The second-order valence-corrected chi connectivity index (χ2v) is 5.36. The second-order valence-electron chi connectivity index (χ2n) is 5.36. The fourth-order valence-corrected chi connectivity index (χ4v) is 2.11. The van der Waals surface area contributed by atoms with Gasteiger partial charge >= 0.3 is 0 Å². The summed E-state index contributed by atoms with van der Waals surface area (Å²) in [5, 5.41) is 3.26. The molecule has 2 rings (SSSR count). The van der Waals surface area contributed by atoms with E-state index in [4.69, 9.17) is 10.5 Å². The van der Waals surface area contributed by atoms with Crippen LogP contribution in [0.15, 0.2) is 12.1 Å². The van der Waals surface area contributed by atoms with E-state index in [2.05, 4.69) is 17.3 Å². The van der Waals surface area contributed by atoms with E-state index in [-0.39, 0.29) is 5.75 Å². The van der Waals surface area contributed by atoms with Gasteiger partial charge in [0.1, 0.15) is 0 Å². The van der Waals surface area contributed by atoms with Crippen LogP contribution in [0.4, 0.5) is 15.8 Å². The Morgan fingerprint density at radius 3 is 2.85 bits per heavy atom. The minimum atomic E-state index is -0.406. The molecule has 0 atom stereocenters. The second kappa shape index (κ2) is 6.79. The van der Waals surface area contributed by atoms with E-state index in [0.717, 1.165) is 31.2 Å². The number of nitrogen functional groups attached to an aromatic ring is 1. The Labute approximate surface area is 120 Å². The molecule has 0 heterocycles. The van der Waals surface area contributed by atoms with Gasteiger partial charge in [0.05, 0.1) is 18.0 Å². The third-order valence-corrected chi connectivity index (χ3v) is 3.52. The van der Waals surface area contributed by atoms with E-state index < -0.39 is 5.82 Å². The summed E-state index contributed by atoms with van der Waals surface area (Å²) in [6.07, 6.45) is 3.44. The highest BCUT2D eigenvalue weighted by Crippen LogP contribution is 2.28. The monoisotopic (exact) mass is 281 g/mol. The smallest absolute Gasteiger partial charge is 0.167 e. The Morgan fingerprint density at radius 1 is 1.45 bits per heavy atom. The maximum atomic E-state index is 13.7. The van der Waals surface area contributed by atoms with Crippen LogP contribution in [0.1, 0.15) is 26.2 Å². The third-order valence-electron chi connectivity index (χ3n) is 3.52. The van der Waals surface area contributed by atoms with Gasteiger partial charge in [-0.05, 0) is 26.3 Å². The summed E-state index contributed by atoms with van der Waals surface area (Å²) in [6, 6.07) is 3.71. The van der Waals surface area contributed by atoms with Crippen molar-refractivity contribution < 1.29 is 9.13 Å². The normalized spacial score (nSPS) is 14.6. The molecule has 0 aromatic heterocycles. The van der Waals surface area contributed by atoms with E-state index in [1.165, 1.54) is 18.9 Å².